The molecule has 2 rings (SSSR count). The van der Waals surface area contributed by atoms with Crippen molar-refractivity contribution < 1.29 is 12.8 Å². The zero-order valence-electron chi connectivity index (χ0n) is 10.2. The third kappa shape index (κ3) is 3.50. The van der Waals surface area contributed by atoms with E-state index in [0.29, 0.717) is 9.50 Å². The topological polar surface area (TPSA) is 72.2 Å². The fraction of sp³-hybridized carbons (Fsp3) is 0. The van der Waals surface area contributed by atoms with Crippen molar-refractivity contribution in [3.8, 4) is 0 Å². The summed E-state index contributed by atoms with van der Waals surface area (Å²) in [5, 5.41) is 0.325. The van der Waals surface area contributed by atoms with Crippen molar-refractivity contribution >= 4 is 64.9 Å². The molecular weight excluding hydrogens is 450 g/mol. The van der Waals surface area contributed by atoms with Gasteiger partial charge in [0.15, 0.2) is 0 Å². The van der Waals surface area contributed by atoms with Crippen molar-refractivity contribution in [1.82, 2.24) is 0 Å². The molecule has 0 aliphatic rings. The maximum absolute atomic E-state index is 13.9. The predicted molar refractivity (Wildman–Crippen MR) is 88.5 cm³/mol. The highest BCUT2D eigenvalue weighted by Gasteiger charge is 2.22. The van der Waals surface area contributed by atoms with Gasteiger partial charge in [-0.05, 0) is 56.1 Å². The summed E-state index contributed by atoms with van der Waals surface area (Å²) in [4.78, 5) is -0.546. The van der Waals surface area contributed by atoms with Crippen LogP contribution in [0.25, 0.3) is 0 Å². The molecule has 0 aliphatic heterocycles. The molecule has 0 spiro atoms. The lowest BCUT2D eigenvalue weighted by Crippen LogP contribution is -2.15. The molecule has 0 fully saturated rings. The van der Waals surface area contributed by atoms with Crippen molar-refractivity contribution in [2.75, 3.05) is 10.5 Å². The number of hydrogen-bond donors (Lipinski definition) is 2. The molecule has 0 aliphatic carbocycles. The molecule has 0 atom stereocenters. The van der Waals surface area contributed by atoms with Crippen LogP contribution in [-0.4, -0.2) is 8.42 Å². The van der Waals surface area contributed by atoms with E-state index in [4.69, 9.17) is 17.3 Å². The Bertz CT molecular complexity index is 815. The molecule has 112 valence electrons. The summed E-state index contributed by atoms with van der Waals surface area (Å²) in [6.07, 6.45) is 0. The van der Waals surface area contributed by atoms with Gasteiger partial charge in [-0.2, -0.15) is 0 Å². The van der Waals surface area contributed by atoms with Gasteiger partial charge in [-0.15, -0.1) is 0 Å². The van der Waals surface area contributed by atoms with Gasteiger partial charge in [0.05, 0.1) is 15.2 Å². The molecule has 2 aromatic carbocycles. The minimum absolute atomic E-state index is 0.113. The quantitative estimate of drug-likeness (QED) is 0.671. The van der Waals surface area contributed by atoms with E-state index >= 15 is 0 Å². The predicted octanol–water partition coefficient (Wildman–Crippen LogP) is 4.39. The highest BCUT2D eigenvalue weighted by molar-refractivity contribution is 9.11. The van der Waals surface area contributed by atoms with Gasteiger partial charge in [0.2, 0.25) is 0 Å². The molecule has 0 radical (unpaired) electrons. The molecule has 0 saturated heterocycles. The summed E-state index contributed by atoms with van der Waals surface area (Å²) < 4.78 is 41.3. The number of hydrogen-bond acceptors (Lipinski definition) is 3. The molecule has 21 heavy (non-hydrogen) atoms. The summed E-state index contributed by atoms with van der Waals surface area (Å²) in [7, 11) is -4.14. The standard InChI is InChI=1S/C12H8Br2ClFN2O2S/c13-6-4-8(16)11(5-9(6)17)21(19,20)18-10-3-1-2-7(15)12(10)14/h1-5,18H,17H2. The van der Waals surface area contributed by atoms with Crippen molar-refractivity contribution in [2.24, 2.45) is 0 Å². The van der Waals surface area contributed by atoms with E-state index in [9.17, 15) is 12.8 Å². The van der Waals surface area contributed by atoms with Crippen LogP contribution in [0.15, 0.2) is 44.2 Å². The third-order valence-electron chi connectivity index (χ3n) is 2.54. The van der Waals surface area contributed by atoms with Crippen LogP contribution in [0, 0.1) is 5.82 Å². The van der Waals surface area contributed by atoms with Gasteiger partial charge >= 0.3 is 0 Å². The van der Waals surface area contributed by atoms with E-state index in [0.717, 1.165) is 12.1 Å². The summed E-state index contributed by atoms with van der Waals surface area (Å²) in [6.45, 7) is 0. The number of benzene rings is 2. The van der Waals surface area contributed by atoms with E-state index in [1.807, 2.05) is 0 Å². The Hall–Kier alpha value is -0.830. The van der Waals surface area contributed by atoms with E-state index in [1.165, 1.54) is 6.07 Å². The average molecular weight is 459 g/mol. The van der Waals surface area contributed by atoms with Crippen LogP contribution in [0.1, 0.15) is 0 Å². The summed E-state index contributed by atoms with van der Waals surface area (Å²) in [6, 6.07) is 6.68. The fourth-order valence-electron chi connectivity index (χ4n) is 1.53. The highest BCUT2D eigenvalue weighted by atomic mass is 79.9. The Labute approximate surface area is 142 Å². The molecule has 0 bridgehead atoms. The van der Waals surface area contributed by atoms with E-state index in [2.05, 4.69) is 36.6 Å². The van der Waals surface area contributed by atoms with Crippen LogP contribution in [0.4, 0.5) is 15.8 Å². The Kier molecular flexibility index (Phi) is 4.82. The zero-order chi connectivity index (χ0) is 15.8. The Morgan fingerprint density at radius 2 is 1.90 bits per heavy atom. The number of anilines is 2. The molecule has 0 amide bonds. The molecule has 4 nitrogen and oxygen atoms in total. The molecule has 0 heterocycles. The summed E-state index contributed by atoms with van der Waals surface area (Å²) in [5.74, 6) is -0.915. The first kappa shape index (κ1) is 16.5. The van der Waals surface area contributed by atoms with Crippen molar-refractivity contribution in [2.45, 2.75) is 4.90 Å². The van der Waals surface area contributed by atoms with Crippen LogP contribution in [0.3, 0.4) is 0 Å². The first-order valence-corrected chi connectivity index (χ1v) is 8.88. The van der Waals surface area contributed by atoms with Crippen molar-refractivity contribution in [3.63, 3.8) is 0 Å². The van der Waals surface area contributed by atoms with E-state index in [-0.39, 0.29) is 15.8 Å². The third-order valence-corrected chi connectivity index (χ3v) is 6.00. The molecule has 9 heteroatoms. The second-order valence-corrected chi connectivity index (χ2v) is 7.72. The molecule has 3 N–H and O–H groups in total. The highest BCUT2D eigenvalue weighted by Crippen LogP contribution is 2.33. The zero-order valence-corrected chi connectivity index (χ0v) is 14.9. The summed E-state index contributed by atoms with van der Waals surface area (Å²) >= 11 is 12.1. The van der Waals surface area contributed by atoms with Gasteiger partial charge < -0.3 is 5.73 Å². The molecule has 2 aromatic rings. The summed E-state index contributed by atoms with van der Waals surface area (Å²) in [5.41, 5.74) is 5.91. The largest absolute Gasteiger partial charge is 0.398 e. The first-order valence-electron chi connectivity index (χ1n) is 5.43. The molecule has 0 saturated carbocycles. The normalized spacial score (nSPS) is 11.4. The van der Waals surface area contributed by atoms with E-state index in [1.54, 1.807) is 12.1 Å². The maximum atomic E-state index is 13.9. The molecule has 0 aromatic heterocycles. The second-order valence-electron chi connectivity index (χ2n) is 4.01. The second kappa shape index (κ2) is 6.12. The fourth-order valence-corrected chi connectivity index (χ4v) is 3.69. The van der Waals surface area contributed by atoms with Gasteiger partial charge in [-0.3, -0.25) is 4.72 Å². The lowest BCUT2D eigenvalue weighted by molar-refractivity contribution is 0.570. The maximum Gasteiger partial charge on any atom is 0.264 e. The monoisotopic (exact) mass is 456 g/mol. The van der Waals surface area contributed by atoms with Crippen molar-refractivity contribution in [1.29, 1.82) is 0 Å². The van der Waals surface area contributed by atoms with Gasteiger partial charge in [-0.25, -0.2) is 12.8 Å². The van der Waals surface area contributed by atoms with Crippen LogP contribution in [-0.2, 0) is 10.0 Å². The SMILES string of the molecule is Nc1cc(S(=O)(=O)Nc2cccc(Cl)c2Br)c(F)cc1Br. The first-order chi connectivity index (χ1) is 9.72. The van der Waals surface area contributed by atoms with Gasteiger partial charge in [-0.1, -0.05) is 17.7 Å². The number of sulfonamides is 1. The number of nitrogens with one attached hydrogen (secondary N) is 1. The van der Waals surface area contributed by atoms with Crippen LogP contribution in [0.5, 0.6) is 0 Å². The average Bonchev–Trinajstić information content (AvgIpc) is 2.39. The number of halogens is 4. The Balaban J connectivity index is 2.48. The molecule has 0 unspecified atom stereocenters. The lowest BCUT2D eigenvalue weighted by atomic mass is 10.3. The van der Waals surface area contributed by atoms with Gasteiger partial charge in [0, 0.05) is 10.2 Å². The van der Waals surface area contributed by atoms with Gasteiger partial charge in [0.25, 0.3) is 10.0 Å². The Morgan fingerprint density at radius 3 is 2.57 bits per heavy atom. The van der Waals surface area contributed by atoms with Crippen LogP contribution < -0.4 is 10.5 Å². The molecular formula is C12H8Br2ClFN2O2S. The smallest absolute Gasteiger partial charge is 0.264 e. The number of nitrogen functional groups attached to an aromatic ring is 1. The number of nitrogens with two attached hydrogens (primary N) is 1. The lowest BCUT2D eigenvalue weighted by Gasteiger charge is -2.12. The van der Waals surface area contributed by atoms with Crippen LogP contribution in [0.2, 0.25) is 5.02 Å². The minimum Gasteiger partial charge on any atom is -0.398 e. The minimum atomic E-state index is -4.14. The van der Waals surface area contributed by atoms with E-state index < -0.39 is 20.7 Å². The van der Waals surface area contributed by atoms with Crippen LogP contribution >= 0.6 is 43.5 Å². The Morgan fingerprint density at radius 1 is 1.24 bits per heavy atom. The van der Waals surface area contributed by atoms with Crippen molar-refractivity contribution in [3.05, 3.63) is 50.1 Å². The number of rotatable bonds is 3. The van der Waals surface area contributed by atoms with Gasteiger partial charge in [0.1, 0.15) is 10.7 Å².